The molecule has 17 heavy (non-hydrogen) atoms. The molecule has 0 radical (unpaired) electrons. The molecule has 2 unspecified atom stereocenters. The fourth-order valence-electron chi connectivity index (χ4n) is 2.55. The van der Waals surface area contributed by atoms with Gasteiger partial charge in [0.15, 0.2) is 0 Å². The highest BCUT2D eigenvalue weighted by atomic mass is 19.1. The van der Waals surface area contributed by atoms with Crippen molar-refractivity contribution in [3.05, 3.63) is 29.6 Å². The van der Waals surface area contributed by atoms with Crippen LogP contribution < -0.4 is 15.4 Å². The lowest BCUT2D eigenvalue weighted by atomic mass is 9.91. The Bertz CT molecular complexity index is 378. The molecule has 0 aliphatic carbocycles. The summed E-state index contributed by atoms with van der Waals surface area (Å²) in [7, 11) is 3.53. The molecule has 1 aromatic rings. The molecule has 1 aliphatic rings. The molecule has 0 amide bonds. The van der Waals surface area contributed by atoms with Crippen LogP contribution in [0.2, 0.25) is 0 Å². The number of benzene rings is 1. The van der Waals surface area contributed by atoms with Gasteiger partial charge in [-0.25, -0.2) is 4.39 Å². The van der Waals surface area contributed by atoms with E-state index in [0.29, 0.717) is 5.92 Å². The van der Waals surface area contributed by atoms with E-state index in [0.717, 1.165) is 30.8 Å². The van der Waals surface area contributed by atoms with E-state index in [-0.39, 0.29) is 11.9 Å². The molecule has 0 aromatic heterocycles. The van der Waals surface area contributed by atoms with Gasteiger partial charge in [0.1, 0.15) is 11.6 Å². The lowest BCUT2D eigenvalue weighted by molar-refractivity contribution is 0.368. The Hall–Kier alpha value is -1.13. The number of rotatable bonds is 4. The van der Waals surface area contributed by atoms with E-state index in [1.807, 2.05) is 7.05 Å². The van der Waals surface area contributed by atoms with Crippen LogP contribution in [0.25, 0.3) is 0 Å². The third kappa shape index (κ3) is 2.58. The van der Waals surface area contributed by atoms with Gasteiger partial charge in [0.2, 0.25) is 0 Å². The quantitative estimate of drug-likeness (QED) is 0.837. The lowest BCUT2D eigenvalue weighted by Crippen LogP contribution is -2.27. The average Bonchev–Trinajstić information content (AvgIpc) is 2.84. The minimum atomic E-state index is -0.216. The molecule has 1 heterocycles. The molecule has 1 saturated heterocycles. The fourth-order valence-corrected chi connectivity index (χ4v) is 2.55. The van der Waals surface area contributed by atoms with E-state index in [2.05, 4.69) is 10.6 Å². The third-order valence-corrected chi connectivity index (χ3v) is 3.41. The minimum absolute atomic E-state index is 0.135. The molecule has 3 nitrogen and oxygen atoms in total. The summed E-state index contributed by atoms with van der Waals surface area (Å²) in [5.41, 5.74) is 0.906. The van der Waals surface area contributed by atoms with Crippen molar-refractivity contribution in [3.8, 4) is 5.75 Å². The highest BCUT2D eigenvalue weighted by Crippen LogP contribution is 2.33. The first-order valence-electron chi connectivity index (χ1n) is 5.97. The Balaban J connectivity index is 2.31. The molecule has 1 aliphatic heterocycles. The fraction of sp³-hybridized carbons (Fsp3) is 0.538. The minimum Gasteiger partial charge on any atom is -0.496 e. The summed E-state index contributed by atoms with van der Waals surface area (Å²) in [6, 6.07) is 4.83. The zero-order valence-electron chi connectivity index (χ0n) is 10.3. The second-order valence-electron chi connectivity index (χ2n) is 4.41. The van der Waals surface area contributed by atoms with Crippen molar-refractivity contribution in [2.24, 2.45) is 5.92 Å². The van der Waals surface area contributed by atoms with Crippen LogP contribution in [0.3, 0.4) is 0 Å². The van der Waals surface area contributed by atoms with Gasteiger partial charge in [-0.3, -0.25) is 0 Å². The molecule has 94 valence electrons. The van der Waals surface area contributed by atoms with E-state index < -0.39 is 0 Å². The maximum absolute atomic E-state index is 13.4. The van der Waals surface area contributed by atoms with E-state index >= 15 is 0 Å². The second-order valence-corrected chi connectivity index (χ2v) is 4.41. The number of hydrogen-bond donors (Lipinski definition) is 2. The van der Waals surface area contributed by atoms with Crippen LogP contribution in [0.15, 0.2) is 18.2 Å². The molecule has 2 rings (SSSR count). The first-order valence-corrected chi connectivity index (χ1v) is 5.97. The summed E-state index contributed by atoms with van der Waals surface area (Å²) >= 11 is 0. The Kier molecular flexibility index (Phi) is 3.97. The number of halogens is 1. The normalized spacial score (nSPS) is 21.5. The Morgan fingerprint density at radius 3 is 2.94 bits per heavy atom. The molecular formula is C13H19FN2O. The van der Waals surface area contributed by atoms with Crippen molar-refractivity contribution in [1.82, 2.24) is 10.6 Å². The van der Waals surface area contributed by atoms with Gasteiger partial charge in [-0.2, -0.15) is 0 Å². The predicted octanol–water partition coefficient (Wildman–Crippen LogP) is 1.70. The summed E-state index contributed by atoms with van der Waals surface area (Å²) in [6.45, 7) is 1.99. The average molecular weight is 238 g/mol. The monoisotopic (exact) mass is 238 g/mol. The molecule has 0 saturated carbocycles. The zero-order chi connectivity index (χ0) is 12.3. The summed E-state index contributed by atoms with van der Waals surface area (Å²) < 4.78 is 18.7. The van der Waals surface area contributed by atoms with Gasteiger partial charge in [0, 0.05) is 11.6 Å². The lowest BCUT2D eigenvalue weighted by Gasteiger charge is -2.24. The molecule has 1 aromatic carbocycles. The molecule has 2 N–H and O–H groups in total. The molecule has 0 spiro atoms. The van der Waals surface area contributed by atoms with E-state index in [9.17, 15) is 4.39 Å². The maximum Gasteiger partial charge on any atom is 0.123 e. The van der Waals surface area contributed by atoms with Crippen LogP contribution >= 0.6 is 0 Å². The van der Waals surface area contributed by atoms with Gasteiger partial charge in [0.05, 0.1) is 7.11 Å². The molecule has 2 atom stereocenters. The largest absolute Gasteiger partial charge is 0.496 e. The molecule has 0 bridgehead atoms. The van der Waals surface area contributed by atoms with Gasteiger partial charge in [-0.05, 0) is 50.7 Å². The van der Waals surface area contributed by atoms with Gasteiger partial charge in [-0.1, -0.05) is 0 Å². The predicted molar refractivity (Wildman–Crippen MR) is 65.7 cm³/mol. The number of ether oxygens (including phenoxy) is 1. The van der Waals surface area contributed by atoms with Crippen LogP contribution in [-0.4, -0.2) is 27.2 Å². The van der Waals surface area contributed by atoms with Crippen LogP contribution in [0.4, 0.5) is 4.39 Å². The third-order valence-electron chi connectivity index (χ3n) is 3.41. The van der Waals surface area contributed by atoms with Crippen molar-refractivity contribution >= 4 is 0 Å². The smallest absolute Gasteiger partial charge is 0.123 e. The Morgan fingerprint density at radius 2 is 2.35 bits per heavy atom. The van der Waals surface area contributed by atoms with Crippen LogP contribution in [0, 0.1) is 11.7 Å². The second kappa shape index (κ2) is 5.47. The van der Waals surface area contributed by atoms with Gasteiger partial charge in [-0.15, -0.1) is 0 Å². The van der Waals surface area contributed by atoms with Crippen molar-refractivity contribution < 1.29 is 9.13 Å². The first kappa shape index (κ1) is 12.3. The van der Waals surface area contributed by atoms with Gasteiger partial charge >= 0.3 is 0 Å². The van der Waals surface area contributed by atoms with Crippen LogP contribution in [0.5, 0.6) is 5.75 Å². The van der Waals surface area contributed by atoms with Gasteiger partial charge in [0.25, 0.3) is 0 Å². The summed E-state index contributed by atoms with van der Waals surface area (Å²) in [6.07, 6.45) is 1.10. The standard InChI is InChI=1S/C13H19FN2O/c1-15-13(9-5-6-16-8-9)11-7-10(14)3-4-12(11)17-2/h3-4,7,9,13,15-16H,5-6,8H2,1-2H3. The van der Waals surface area contributed by atoms with Crippen molar-refractivity contribution in [2.75, 3.05) is 27.2 Å². The van der Waals surface area contributed by atoms with Crippen molar-refractivity contribution in [2.45, 2.75) is 12.5 Å². The number of nitrogens with one attached hydrogen (secondary N) is 2. The van der Waals surface area contributed by atoms with E-state index in [1.54, 1.807) is 19.2 Å². The number of hydrogen-bond acceptors (Lipinski definition) is 3. The van der Waals surface area contributed by atoms with Crippen molar-refractivity contribution in [1.29, 1.82) is 0 Å². The molecular weight excluding hydrogens is 219 g/mol. The molecule has 1 fully saturated rings. The Morgan fingerprint density at radius 1 is 1.53 bits per heavy atom. The number of methoxy groups -OCH3 is 1. The van der Waals surface area contributed by atoms with Crippen molar-refractivity contribution in [3.63, 3.8) is 0 Å². The summed E-state index contributed by atoms with van der Waals surface area (Å²) in [5, 5.41) is 6.61. The highest BCUT2D eigenvalue weighted by molar-refractivity contribution is 5.37. The summed E-state index contributed by atoms with van der Waals surface area (Å²) in [5.74, 6) is 1.01. The van der Waals surface area contributed by atoms with E-state index in [1.165, 1.54) is 6.07 Å². The maximum atomic E-state index is 13.4. The van der Waals surface area contributed by atoms with E-state index in [4.69, 9.17) is 4.74 Å². The topological polar surface area (TPSA) is 33.3 Å². The van der Waals surface area contributed by atoms with Crippen LogP contribution in [-0.2, 0) is 0 Å². The van der Waals surface area contributed by atoms with Crippen LogP contribution in [0.1, 0.15) is 18.0 Å². The molecule has 4 heteroatoms. The highest BCUT2D eigenvalue weighted by Gasteiger charge is 2.27. The zero-order valence-corrected chi connectivity index (χ0v) is 10.3. The summed E-state index contributed by atoms with van der Waals surface area (Å²) in [4.78, 5) is 0. The first-order chi connectivity index (χ1) is 8.26. The SMILES string of the molecule is CNC(c1cc(F)ccc1OC)C1CCNC1. The Labute approximate surface area is 101 Å². The van der Waals surface area contributed by atoms with Gasteiger partial charge < -0.3 is 15.4 Å².